The van der Waals surface area contributed by atoms with E-state index in [0.717, 1.165) is 86.9 Å². The molecule has 8 bridgehead atoms. The molecule has 2 aliphatic heterocycles. The molecular formula is C75H35N11. The monoisotopic (exact) mass is 1090 g/mol. The van der Waals surface area contributed by atoms with E-state index in [4.69, 9.17) is 28.1 Å². The van der Waals surface area contributed by atoms with E-state index < -0.39 is 0 Å². The fraction of sp³-hybridized carbons (Fsp3) is 0. The number of aromatic nitrogens is 5. The molecule has 14 aromatic rings. The van der Waals surface area contributed by atoms with Gasteiger partial charge < -0.3 is 9.97 Å². The van der Waals surface area contributed by atoms with E-state index in [1.165, 1.54) is 0 Å². The summed E-state index contributed by atoms with van der Waals surface area (Å²) in [4.78, 5) is 32.9. The van der Waals surface area contributed by atoms with Gasteiger partial charge in [-0.15, -0.1) is 0 Å². The lowest BCUT2D eigenvalue weighted by Gasteiger charge is -2.11. The van der Waals surface area contributed by atoms with Gasteiger partial charge in [0.15, 0.2) is 17.2 Å². The first-order valence-corrected chi connectivity index (χ1v) is 27.5. The molecule has 0 fully saturated rings. The minimum Gasteiger partial charge on any atom is -0.353 e. The number of hydrogen-bond acceptors (Lipinski definition) is 7. The Morgan fingerprint density at radius 3 is 1.06 bits per heavy atom. The van der Waals surface area contributed by atoms with Gasteiger partial charge in [-0.05, 0) is 163 Å². The van der Waals surface area contributed by atoms with E-state index in [1.54, 1.807) is 54.6 Å². The number of fused-ring (bicyclic) bond motifs is 24. The number of H-pyrrole nitrogens is 2. The van der Waals surface area contributed by atoms with Crippen molar-refractivity contribution in [3.63, 3.8) is 0 Å². The summed E-state index contributed by atoms with van der Waals surface area (Å²) in [5.74, 6) is 0.398. The van der Waals surface area contributed by atoms with Gasteiger partial charge in [0.05, 0.1) is 82.2 Å². The van der Waals surface area contributed by atoms with Crippen molar-refractivity contribution in [2.24, 2.45) is 0 Å². The van der Waals surface area contributed by atoms with Crippen LogP contribution in [0.4, 0.5) is 11.4 Å². The first-order chi connectivity index (χ1) is 42.3. The van der Waals surface area contributed by atoms with Crippen LogP contribution in [0.3, 0.4) is 0 Å². The van der Waals surface area contributed by atoms with Crippen LogP contribution >= 0.6 is 0 Å². The van der Waals surface area contributed by atoms with Gasteiger partial charge in [-0.25, -0.2) is 24.6 Å². The maximum Gasteiger partial charge on any atom is 0.189 e. The fourth-order valence-electron chi connectivity index (χ4n) is 12.8. The van der Waals surface area contributed by atoms with Crippen molar-refractivity contribution >= 4 is 98.2 Å². The standard InChI is InChI=1S/C75H35N11/c1-80-55-24-42(38-78)22-53(26-55)66-70-59-30-46-13-5-3-11-44(46)28-57(59)68(82-70)65(52-20-40(36-76)19-41(21-52)37-77)69-58-29-45-12-4-6-14-47(45)31-60(58)71(83-69)67(54-23-43(39-79)25-56(27-54)81-2)73-62-33-49-16-8-10-18-51(49)35-64(62)75(85-73)86-74-63-34-50-17-9-7-15-48(50)32-61(63)72(66)84-74/h3-35,82H,(H,84,85,86). The third kappa shape index (κ3) is 7.52. The van der Waals surface area contributed by atoms with E-state index in [0.29, 0.717) is 78.5 Å². The molecule has 0 aliphatic carbocycles. The second kappa shape index (κ2) is 18.8. The second-order valence-corrected chi connectivity index (χ2v) is 21.5. The summed E-state index contributed by atoms with van der Waals surface area (Å²) in [5, 5.41) is 53.7. The summed E-state index contributed by atoms with van der Waals surface area (Å²) in [5.41, 5.74) is 11.9. The van der Waals surface area contributed by atoms with Crippen LogP contribution in [-0.4, -0.2) is 24.9 Å². The highest BCUT2D eigenvalue weighted by atomic mass is 15.0. The molecule has 390 valence electrons. The number of hydrogen-bond donors (Lipinski definition) is 2. The van der Waals surface area contributed by atoms with Gasteiger partial charge in [0.2, 0.25) is 0 Å². The lowest BCUT2D eigenvalue weighted by atomic mass is 9.90. The predicted molar refractivity (Wildman–Crippen MR) is 340 cm³/mol. The Labute approximate surface area is 489 Å². The van der Waals surface area contributed by atoms with Crippen LogP contribution in [0, 0.1) is 58.5 Å². The SMILES string of the molecule is [C-]#[N+]c1cc(C#N)cc(-c2c3nc(c(-c4cc(C#N)cc(C#N)c4)c4[nH]c(c(-c5cc(C#N)cc([N+]#[C-])c5)c5nc(nc6[nH]c2c2cc7ccccc7cc62)-c2cc6ccccc6cc2-5)c2cc5ccccc5cc42)-c2cc4ccccc4cc2-3)c1. The van der Waals surface area contributed by atoms with Gasteiger partial charge >= 0.3 is 0 Å². The van der Waals surface area contributed by atoms with Gasteiger partial charge in [-0.1, -0.05) is 97.1 Å². The minimum absolute atomic E-state index is 0.259. The van der Waals surface area contributed by atoms with Gasteiger partial charge in [0.1, 0.15) is 5.65 Å². The predicted octanol–water partition coefficient (Wildman–Crippen LogP) is 18.9. The largest absolute Gasteiger partial charge is 0.353 e. The molecule has 0 saturated heterocycles. The Kier molecular flexibility index (Phi) is 10.7. The summed E-state index contributed by atoms with van der Waals surface area (Å²) in [6.07, 6.45) is 0. The van der Waals surface area contributed by atoms with Crippen LogP contribution in [-0.2, 0) is 0 Å². The zero-order chi connectivity index (χ0) is 57.9. The Bertz CT molecular complexity index is 5770. The van der Waals surface area contributed by atoms with E-state index in [9.17, 15) is 21.0 Å². The van der Waals surface area contributed by atoms with E-state index in [1.807, 2.05) is 48.5 Å². The molecule has 2 aliphatic rings. The average molecular weight is 1090 g/mol. The summed E-state index contributed by atoms with van der Waals surface area (Å²) >= 11 is 0. The average Bonchev–Trinajstić information content (AvgIpc) is 3.02. The maximum atomic E-state index is 10.8. The number of benzene rings is 11. The van der Waals surface area contributed by atoms with Crippen molar-refractivity contribution in [3.8, 4) is 103 Å². The molecule has 11 aromatic carbocycles. The van der Waals surface area contributed by atoms with E-state index in [-0.39, 0.29) is 33.6 Å². The molecule has 0 spiro atoms. The Morgan fingerprint density at radius 2 is 0.651 bits per heavy atom. The van der Waals surface area contributed by atoms with Gasteiger partial charge in [0, 0.05) is 71.6 Å². The number of nitrogens with zero attached hydrogens (tertiary/aromatic N) is 9. The summed E-state index contributed by atoms with van der Waals surface area (Å²) in [6.45, 7) is 16.7. The Hall–Kier alpha value is -13.0. The zero-order valence-corrected chi connectivity index (χ0v) is 45.1. The molecule has 0 atom stereocenters. The first kappa shape index (κ1) is 48.8. The summed E-state index contributed by atoms with van der Waals surface area (Å²) in [6, 6.07) is 74.4. The summed E-state index contributed by atoms with van der Waals surface area (Å²) < 4.78 is 0. The van der Waals surface area contributed by atoms with Crippen molar-refractivity contribution in [2.45, 2.75) is 0 Å². The molecular weight excluding hydrogens is 1050 g/mol. The van der Waals surface area contributed by atoms with Gasteiger partial charge in [-0.2, -0.15) is 21.0 Å². The number of rotatable bonds is 3. The third-order valence-electron chi connectivity index (χ3n) is 16.6. The smallest absolute Gasteiger partial charge is 0.189 e. The highest BCUT2D eigenvalue weighted by Gasteiger charge is 2.31. The highest BCUT2D eigenvalue weighted by Crippen LogP contribution is 2.52. The molecule has 5 heterocycles. The van der Waals surface area contributed by atoms with Crippen molar-refractivity contribution in [1.29, 1.82) is 21.0 Å². The molecule has 0 saturated carbocycles. The second-order valence-electron chi connectivity index (χ2n) is 21.5. The van der Waals surface area contributed by atoms with E-state index >= 15 is 0 Å². The van der Waals surface area contributed by atoms with Crippen molar-refractivity contribution in [2.75, 3.05) is 0 Å². The molecule has 0 amide bonds. The molecule has 0 radical (unpaired) electrons. The first-order valence-electron chi connectivity index (χ1n) is 27.5. The van der Waals surface area contributed by atoms with Crippen LogP contribution in [0.1, 0.15) is 22.3 Å². The molecule has 16 rings (SSSR count). The lowest BCUT2D eigenvalue weighted by molar-refractivity contribution is 1.27. The summed E-state index contributed by atoms with van der Waals surface area (Å²) in [7, 11) is 0. The fourth-order valence-corrected chi connectivity index (χ4v) is 12.8. The van der Waals surface area contributed by atoms with Gasteiger partial charge in [-0.3, -0.25) is 0 Å². The number of nitrogens with one attached hydrogen (secondary N) is 2. The molecule has 11 nitrogen and oxygen atoms in total. The van der Waals surface area contributed by atoms with Gasteiger partial charge in [0.25, 0.3) is 0 Å². The minimum atomic E-state index is 0.259. The molecule has 11 heteroatoms. The van der Waals surface area contributed by atoms with Crippen molar-refractivity contribution < 1.29 is 0 Å². The van der Waals surface area contributed by atoms with E-state index in [2.05, 4.69) is 141 Å². The number of nitriles is 4. The van der Waals surface area contributed by atoms with Crippen molar-refractivity contribution in [1.82, 2.24) is 24.9 Å². The van der Waals surface area contributed by atoms with Crippen LogP contribution in [0.25, 0.3) is 175 Å². The highest BCUT2D eigenvalue weighted by molar-refractivity contribution is 6.23. The van der Waals surface area contributed by atoms with Crippen LogP contribution in [0.15, 0.2) is 200 Å². The van der Waals surface area contributed by atoms with Crippen molar-refractivity contribution in [3.05, 3.63) is 245 Å². The normalized spacial score (nSPS) is 11.4. The Balaban J connectivity index is 1.26. The number of aromatic amines is 2. The quantitative estimate of drug-likeness (QED) is 0.166. The molecule has 3 aromatic heterocycles. The Morgan fingerprint density at radius 1 is 0.326 bits per heavy atom. The molecule has 86 heavy (non-hydrogen) atoms. The third-order valence-corrected chi connectivity index (χ3v) is 16.6. The topological polar surface area (TPSA) is 174 Å². The lowest BCUT2D eigenvalue weighted by Crippen LogP contribution is -1.90. The van der Waals surface area contributed by atoms with Crippen LogP contribution in [0.5, 0.6) is 0 Å². The molecule has 2 N–H and O–H groups in total. The zero-order valence-electron chi connectivity index (χ0n) is 45.1. The maximum absolute atomic E-state index is 10.8. The molecule has 0 unspecified atom stereocenters. The van der Waals surface area contributed by atoms with Crippen LogP contribution in [0.2, 0.25) is 0 Å². The van der Waals surface area contributed by atoms with Crippen LogP contribution < -0.4 is 0 Å².